The lowest BCUT2D eigenvalue weighted by Gasteiger charge is -2.48. The maximum atomic E-state index is 12.1. The van der Waals surface area contributed by atoms with Gasteiger partial charge in [-0.05, 0) is 20.9 Å². The molecular weight excluding hydrogens is 438 g/mol. The molecule has 0 spiro atoms. The minimum atomic E-state index is -2.98. The fourth-order valence-electron chi connectivity index (χ4n) is 4.90. The molecule has 9 heteroatoms. The van der Waals surface area contributed by atoms with Gasteiger partial charge in [-0.15, -0.1) is 0 Å². The molecule has 2 fully saturated rings. The molecule has 0 N–H and O–H groups in total. The predicted molar refractivity (Wildman–Crippen MR) is 126 cm³/mol. The first-order chi connectivity index (χ1) is 15.8. The third-order valence-electron chi connectivity index (χ3n) is 6.26. The lowest BCUT2D eigenvalue weighted by atomic mass is 9.99. The summed E-state index contributed by atoms with van der Waals surface area (Å²) in [5, 5.41) is 5.76. The summed E-state index contributed by atoms with van der Waals surface area (Å²) in [5.74, 6) is -0.476. The average Bonchev–Trinajstić information content (AvgIpc) is 3.22. The van der Waals surface area contributed by atoms with Crippen LogP contribution in [-0.2, 0) is 23.4 Å². The van der Waals surface area contributed by atoms with Crippen LogP contribution >= 0.6 is 0 Å². The van der Waals surface area contributed by atoms with E-state index < -0.39 is 44.9 Å². The van der Waals surface area contributed by atoms with Crippen molar-refractivity contribution in [1.29, 1.82) is 0 Å². The number of fused-ring (bicyclic) bond motifs is 2. The van der Waals surface area contributed by atoms with Crippen LogP contribution in [0.2, 0.25) is 5.04 Å². The Kier molecular flexibility index (Phi) is 6.60. The zero-order valence-corrected chi connectivity index (χ0v) is 20.3. The number of carbonyl (C=O) groups excluding carboxylic acids is 1. The molecule has 4 rings (SSSR count). The molecule has 8 nitrogen and oxygen atoms in total. The molecule has 5 atom stereocenters. The van der Waals surface area contributed by atoms with Crippen molar-refractivity contribution in [2.75, 3.05) is 6.61 Å². The lowest BCUT2D eigenvalue weighted by molar-refractivity contribution is -0.193. The van der Waals surface area contributed by atoms with E-state index in [1.807, 2.05) is 36.4 Å². The minimum Gasteiger partial charge on any atom is -0.459 e. The first-order valence-corrected chi connectivity index (χ1v) is 13.0. The van der Waals surface area contributed by atoms with E-state index >= 15 is 0 Å². The summed E-state index contributed by atoms with van der Waals surface area (Å²) in [5.41, 5.74) is 9.18. The topological polar surface area (TPSA) is 103 Å². The summed E-state index contributed by atoms with van der Waals surface area (Å²) >= 11 is 0. The predicted octanol–water partition coefficient (Wildman–Crippen LogP) is 3.30. The van der Waals surface area contributed by atoms with Crippen molar-refractivity contribution in [3.8, 4) is 0 Å². The number of azide groups is 1. The number of benzene rings is 2. The van der Waals surface area contributed by atoms with Gasteiger partial charge in [0, 0.05) is 11.8 Å². The van der Waals surface area contributed by atoms with Crippen molar-refractivity contribution < 1.29 is 23.4 Å². The van der Waals surface area contributed by atoms with E-state index in [2.05, 4.69) is 55.1 Å². The number of carbonyl (C=O) groups is 1. The van der Waals surface area contributed by atoms with Crippen molar-refractivity contribution in [3.63, 3.8) is 0 Å². The van der Waals surface area contributed by atoms with Gasteiger partial charge in [0.05, 0.1) is 6.61 Å². The maximum Gasteiger partial charge on any atom is 0.303 e. The highest BCUT2D eigenvalue weighted by Gasteiger charge is 2.59. The lowest BCUT2D eigenvalue weighted by Crippen LogP contribution is -2.71. The Morgan fingerprint density at radius 3 is 2.12 bits per heavy atom. The first-order valence-electron chi connectivity index (χ1n) is 11.1. The molecule has 2 aromatic carbocycles. The van der Waals surface area contributed by atoms with E-state index in [4.69, 9.17) is 18.6 Å². The van der Waals surface area contributed by atoms with E-state index in [1.54, 1.807) is 0 Å². The molecule has 0 saturated carbocycles. The number of ether oxygens (including phenoxy) is 3. The van der Waals surface area contributed by atoms with Crippen LogP contribution in [0.3, 0.4) is 0 Å². The van der Waals surface area contributed by atoms with Crippen molar-refractivity contribution in [1.82, 2.24) is 0 Å². The normalized spacial score (nSPS) is 27.0. The van der Waals surface area contributed by atoms with E-state index in [9.17, 15) is 10.3 Å². The summed E-state index contributed by atoms with van der Waals surface area (Å²) in [6.45, 7) is 8.11. The summed E-state index contributed by atoms with van der Waals surface area (Å²) < 4.78 is 24.7. The second kappa shape index (κ2) is 9.28. The molecule has 2 heterocycles. The Bertz CT molecular complexity index is 984. The van der Waals surface area contributed by atoms with Gasteiger partial charge in [0.2, 0.25) is 0 Å². The Hall–Kier alpha value is -2.68. The molecule has 2 aliphatic heterocycles. The molecule has 2 saturated heterocycles. The number of nitrogens with zero attached hydrogens (tertiary/aromatic N) is 3. The van der Waals surface area contributed by atoms with Crippen LogP contribution in [0.4, 0.5) is 0 Å². The summed E-state index contributed by atoms with van der Waals surface area (Å²) in [7, 11) is -2.98. The number of rotatable bonds is 6. The third-order valence-corrected chi connectivity index (χ3v) is 11.3. The molecule has 0 aromatic heterocycles. The van der Waals surface area contributed by atoms with Crippen LogP contribution < -0.4 is 10.4 Å². The minimum absolute atomic E-state index is 0.267. The fourth-order valence-corrected chi connectivity index (χ4v) is 9.61. The maximum absolute atomic E-state index is 12.1. The van der Waals surface area contributed by atoms with Gasteiger partial charge in [0.25, 0.3) is 8.32 Å². The van der Waals surface area contributed by atoms with Gasteiger partial charge in [-0.25, -0.2) is 0 Å². The standard InChI is InChI=1S/C24H29N3O5Si/c1-16(28)30-22-20(26-27-25)23-29-15-19(31-23)21(22)32-33(24(2,3)4,17-11-7-5-8-12-17)18-13-9-6-10-14-18/h5-14,19-23H,15H2,1-4H3/t19-,20-,21-,22-,23-/m1/s1. The molecule has 2 bridgehead atoms. The van der Waals surface area contributed by atoms with Crippen molar-refractivity contribution in [2.24, 2.45) is 5.11 Å². The highest BCUT2D eigenvalue weighted by atomic mass is 28.4. The van der Waals surface area contributed by atoms with E-state index in [1.165, 1.54) is 6.92 Å². The zero-order chi connectivity index (χ0) is 23.6. The Morgan fingerprint density at radius 2 is 1.64 bits per heavy atom. The van der Waals surface area contributed by atoms with Crippen molar-refractivity contribution in [3.05, 3.63) is 71.1 Å². The number of hydrogen-bond donors (Lipinski definition) is 0. The van der Waals surface area contributed by atoms with Crippen LogP contribution in [0.5, 0.6) is 0 Å². The zero-order valence-electron chi connectivity index (χ0n) is 19.3. The van der Waals surface area contributed by atoms with Gasteiger partial charge in [-0.1, -0.05) is 86.5 Å². The van der Waals surface area contributed by atoms with Crippen LogP contribution in [0, 0.1) is 0 Å². The van der Waals surface area contributed by atoms with Gasteiger partial charge in [0.15, 0.2) is 6.29 Å². The summed E-state index contributed by atoms with van der Waals surface area (Å²) in [4.78, 5) is 15.0. The molecule has 33 heavy (non-hydrogen) atoms. The molecule has 174 valence electrons. The summed E-state index contributed by atoms with van der Waals surface area (Å²) in [6.07, 6.45) is -2.72. The van der Waals surface area contributed by atoms with E-state index in [0.29, 0.717) is 0 Å². The SMILES string of the molecule is CC(=O)O[C@@H]1[C@@H](N=[N+]=[N-])[C@@H]2OC[C@@H](O2)[C@H]1O[Si](c1ccccc1)(c1ccccc1)C(C)(C)C. The molecule has 0 unspecified atom stereocenters. The molecular formula is C24H29N3O5Si. The quantitative estimate of drug-likeness (QED) is 0.213. The number of hydrogen-bond acceptors (Lipinski definition) is 6. The van der Waals surface area contributed by atoms with Gasteiger partial charge in [0.1, 0.15) is 24.4 Å². The van der Waals surface area contributed by atoms with Gasteiger partial charge in [-0.3, -0.25) is 4.79 Å². The summed E-state index contributed by atoms with van der Waals surface area (Å²) in [6, 6.07) is 19.5. The Labute approximate surface area is 194 Å². The van der Waals surface area contributed by atoms with Crippen LogP contribution in [0.15, 0.2) is 65.8 Å². The van der Waals surface area contributed by atoms with Gasteiger partial charge < -0.3 is 18.6 Å². The van der Waals surface area contributed by atoms with Crippen molar-refractivity contribution in [2.45, 2.75) is 63.4 Å². The average molecular weight is 468 g/mol. The molecule has 2 aliphatic rings. The Balaban J connectivity index is 1.89. The number of esters is 1. The molecule has 0 radical (unpaired) electrons. The second-order valence-corrected chi connectivity index (χ2v) is 13.6. The second-order valence-electron chi connectivity index (χ2n) is 9.39. The molecule has 2 aromatic rings. The highest BCUT2D eigenvalue weighted by Crippen LogP contribution is 2.42. The van der Waals surface area contributed by atoms with Crippen molar-refractivity contribution >= 4 is 24.7 Å². The first kappa shape index (κ1) is 23.5. The highest BCUT2D eigenvalue weighted by molar-refractivity contribution is 6.99. The largest absolute Gasteiger partial charge is 0.459 e. The van der Waals surface area contributed by atoms with E-state index in [0.717, 1.165) is 10.4 Å². The smallest absolute Gasteiger partial charge is 0.303 e. The Morgan fingerprint density at radius 1 is 1.06 bits per heavy atom. The molecule has 0 aliphatic carbocycles. The van der Waals surface area contributed by atoms with Crippen LogP contribution in [-0.4, -0.2) is 51.5 Å². The monoisotopic (exact) mass is 467 g/mol. The van der Waals surface area contributed by atoms with Crippen LogP contribution in [0.1, 0.15) is 27.7 Å². The van der Waals surface area contributed by atoms with E-state index in [-0.39, 0.29) is 11.6 Å². The molecule has 0 amide bonds. The fraction of sp³-hybridized carbons (Fsp3) is 0.458. The van der Waals surface area contributed by atoms with Crippen LogP contribution in [0.25, 0.3) is 10.4 Å². The van der Waals surface area contributed by atoms with Gasteiger partial charge in [-0.2, -0.15) is 0 Å². The third kappa shape index (κ3) is 4.30. The van der Waals surface area contributed by atoms with Gasteiger partial charge >= 0.3 is 5.97 Å².